The molecule has 100 valence electrons. The highest BCUT2D eigenvalue weighted by molar-refractivity contribution is 6.31. The van der Waals surface area contributed by atoms with Crippen LogP contribution in [0.25, 0.3) is 0 Å². The molecule has 2 rings (SSSR count). The molecule has 0 aliphatic rings. The molecule has 2 atom stereocenters. The molecule has 1 heterocycles. The molecule has 0 fully saturated rings. The van der Waals surface area contributed by atoms with Crippen molar-refractivity contribution in [2.24, 2.45) is 5.73 Å². The molecule has 1 aromatic carbocycles. The van der Waals surface area contributed by atoms with E-state index >= 15 is 0 Å². The molecule has 0 saturated heterocycles. The molecule has 0 saturated carbocycles. The van der Waals surface area contributed by atoms with Crippen molar-refractivity contribution >= 4 is 11.6 Å². The number of aliphatic hydroxyl groups excluding tert-OH is 1. The van der Waals surface area contributed by atoms with Gasteiger partial charge in [0.05, 0.1) is 6.10 Å². The molecule has 0 spiro atoms. The normalized spacial score (nSPS) is 14.1. The number of pyridine rings is 1. The zero-order valence-corrected chi connectivity index (χ0v) is 10.9. The van der Waals surface area contributed by atoms with Crippen LogP contribution in [0.5, 0.6) is 0 Å². The topological polar surface area (TPSA) is 59.1 Å². The first kappa shape index (κ1) is 13.9. The summed E-state index contributed by atoms with van der Waals surface area (Å²) < 4.78 is 13.0. The minimum absolute atomic E-state index is 0.190. The van der Waals surface area contributed by atoms with Gasteiger partial charge in [-0.15, -0.1) is 0 Å². The SMILES string of the molecule is NCC(c1cccnc1)C(O)c1ccc(F)cc1Cl. The summed E-state index contributed by atoms with van der Waals surface area (Å²) in [6.07, 6.45) is 2.40. The largest absolute Gasteiger partial charge is 0.388 e. The predicted molar refractivity (Wildman–Crippen MR) is 72.4 cm³/mol. The summed E-state index contributed by atoms with van der Waals surface area (Å²) in [5.74, 6) is -0.775. The molecule has 3 nitrogen and oxygen atoms in total. The number of hydrogen-bond acceptors (Lipinski definition) is 3. The van der Waals surface area contributed by atoms with Crippen LogP contribution >= 0.6 is 11.6 Å². The summed E-state index contributed by atoms with van der Waals surface area (Å²) in [6, 6.07) is 7.53. The van der Waals surface area contributed by atoms with Crippen LogP contribution in [0.1, 0.15) is 23.1 Å². The Morgan fingerprint density at radius 2 is 2.16 bits per heavy atom. The van der Waals surface area contributed by atoms with Crippen molar-refractivity contribution in [3.8, 4) is 0 Å². The van der Waals surface area contributed by atoms with Gasteiger partial charge in [0, 0.05) is 29.9 Å². The summed E-state index contributed by atoms with van der Waals surface area (Å²) in [4.78, 5) is 4.01. The van der Waals surface area contributed by atoms with E-state index in [0.29, 0.717) is 5.56 Å². The van der Waals surface area contributed by atoms with Gasteiger partial charge in [-0.2, -0.15) is 0 Å². The van der Waals surface area contributed by atoms with Crippen LogP contribution in [0.2, 0.25) is 5.02 Å². The summed E-state index contributed by atoms with van der Waals surface area (Å²) in [6.45, 7) is 0.237. The van der Waals surface area contributed by atoms with E-state index in [1.54, 1.807) is 18.5 Å². The van der Waals surface area contributed by atoms with Gasteiger partial charge in [-0.05, 0) is 29.3 Å². The maximum atomic E-state index is 13.0. The molecule has 2 aromatic rings. The van der Waals surface area contributed by atoms with E-state index in [4.69, 9.17) is 17.3 Å². The third-order valence-electron chi connectivity index (χ3n) is 3.03. The van der Waals surface area contributed by atoms with Gasteiger partial charge in [-0.1, -0.05) is 23.7 Å². The molecule has 1 aromatic heterocycles. The molecule has 0 radical (unpaired) electrons. The van der Waals surface area contributed by atoms with Crippen molar-refractivity contribution in [2.45, 2.75) is 12.0 Å². The monoisotopic (exact) mass is 280 g/mol. The van der Waals surface area contributed by atoms with Crippen molar-refractivity contribution in [3.05, 3.63) is 64.7 Å². The van der Waals surface area contributed by atoms with Crippen LogP contribution in [0.4, 0.5) is 4.39 Å². The summed E-state index contributed by atoms with van der Waals surface area (Å²) >= 11 is 5.96. The minimum Gasteiger partial charge on any atom is -0.388 e. The molecule has 0 bridgehead atoms. The first-order valence-electron chi connectivity index (χ1n) is 5.86. The van der Waals surface area contributed by atoms with E-state index in [1.807, 2.05) is 6.07 Å². The van der Waals surface area contributed by atoms with Gasteiger partial charge in [0.15, 0.2) is 0 Å². The Morgan fingerprint density at radius 3 is 2.74 bits per heavy atom. The zero-order chi connectivity index (χ0) is 13.8. The van der Waals surface area contributed by atoms with Crippen molar-refractivity contribution in [3.63, 3.8) is 0 Å². The summed E-state index contributed by atoms with van der Waals surface area (Å²) in [5, 5.41) is 10.6. The molecule has 2 unspecified atom stereocenters. The quantitative estimate of drug-likeness (QED) is 0.905. The lowest BCUT2D eigenvalue weighted by molar-refractivity contribution is 0.147. The molecule has 0 aliphatic heterocycles. The second-order valence-electron chi connectivity index (χ2n) is 4.24. The molecule has 19 heavy (non-hydrogen) atoms. The van der Waals surface area contributed by atoms with Crippen LogP contribution in [0.3, 0.4) is 0 Å². The van der Waals surface area contributed by atoms with Crippen LogP contribution in [0.15, 0.2) is 42.7 Å². The third kappa shape index (κ3) is 3.10. The van der Waals surface area contributed by atoms with Gasteiger partial charge >= 0.3 is 0 Å². The van der Waals surface area contributed by atoms with Crippen LogP contribution in [0, 0.1) is 5.82 Å². The van der Waals surface area contributed by atoms with E-state index in [2.05, 4.69) is 4.98 Å². The van der Waals surface area contributed by atoms with Gasteiger partial charge in [-0.3, -0.25) is 4.98 Å². The molecular weight excluding hydrogens is 267 g/mol. The Morgan fingerprint density at radius 1 is 1.37 bits per heavy atom. The molecular formula is C14H14ClFN2O. The van der Waals surface area contributed by atoms with Crippen molar-refractivity contribution in [2.75, 3.05) is 6.54 Å². The second kappa shape index (κ2) is 6.10. The number of nitrogens with zero attached hydrogens (tertiary/aromatic N) is 1. The number of rotatable bonds is 4. The molecule has 5 heteroatoms. The number of aromatic nitrogens is 1. The fourth-order valence-corrected chi connectivity index (χ4v) is 2.28. The third-order valence-corrected chi connectivity index (χ3v) is 3.36. The maximum Gasteiger partial charge on any atom is 0.124 e. The van der Waals surface area contributed by atoms with Crippen molar-refractivity contribution in [1.29, 1.82) is 0 Å². The average Bonchev–Trinajstić information content (AvgIpc) is 2.40. The van der Waals surface area contributed by atoms with E-state index in [9.17, 15) is 9.50 Å². The van der Waals surface area contributed by atoms with Crippen LogP contribution < -0.4 is 5.73 Å². The highest BCUT2D eigenvalue weighted by atomic mass is 35.5. The Balaban J connectivity index is 2.33. The van der Waals surface area contributed by atoms with E-state index in [0.717, 1.165) is 5.56 Å². The second-order valence-corrected chi connectivity index (χ2v) is 4.65. The van der Waals surface area contributed by atoms with E-state index in [1.165, 1.54) is 18.2 Å². The van der Waals surface area contributed by atoms with E-state index < -0.39 is 11.9 Å². The number of halogens is 2. The maximum absolute atomic E-state index is 13.0. The Kier molecular flexibility index (Phi) is 4.47. The number of aliphatic hydroxyl groups is 1. The first-order chi connectivity index (χ1) is 9.13. The Hall–Kier alpha value is -1.49. The van der Waals surface area contributed by atoms with Crippen LogP contribution in [-0.4, -0.2) is 16.6 Å². The standard InChI is InChI=1S/C14H14ClFN2O/c15-13-6-10(16)3-4-11(13)14(19)12(7-17)9-2-1-5-18-8-9/h1-6,8,12,14,19H,7,17H2. The first-order valence-corrected chi connectivity index (χ1v) is 6.24. The number of hydrogen-bond donors (Lipinski definition) is 2. The lowest BCUT2D eigenvalue weighted by Gasteiger charge is -2.22. The van der Waals surface area contributed by atoms with E-state index in [-0.39, 0.29) is 17.5 Å². The lowest BCUT2D eigenvalue weighted by Crippen LogP contribution is -2.20. The number of benzene rings is 1. The van der Waals surface area contributed by atoms with Crippen molar-refractivity contribution < 1.29 is 9.50 Å². The van der Waals surface area contributed by atoms with Gasteiger partial charge in [0.1, 0.15) is 5.82 Å². The van der Waals surface area contributed by atoms with Crippen LogP contribution in [-0.2, 0) is 0 Å². The minimum atomic E-state index is -0.901. The van der Waals surface area contributed by atoms with Gasteiger partial charge in [0.2, 0.25) is 0 Å². The zero-order valence-electron chi connectivity index (χ0n) is 10.1. The summed E-state index contributed by atoms with van der Waals surface area (Å²) in [7, 11) is 0. The van der Waals surface area contributed by atoms with Crippen molar-refractivity contribution in [1.82, 2.24) is 4.98 Å². The molecule has 0 aliphatic carbocycles. The predicted octanol–water partition coefficient (Wildman–Crippen LogP) is 2.65. The highest BCUT2D eigenvalue weighted by Gasteiger charge is 2.23. The lowest BCUT2D eigenvalue weighted by atomic mass is 9.90. The van der Waals surface area contributed by atoms with Gasteiger partial charge in [-0.25, -0.2) is 4.39 Å². The fraction of sp³-hybridized carbons (Fsp3) is 0.214. The average molecular weight is 281 g/mol. The fourth-order valence-electron chi connectivity index (χ4n) is 2.00. The summed E-state index contributed by atoms with van der Waals surface area (Å²) in [5.41, 5.74) is 7.00. The highest BCUT2D eigenvalue weighted by Crippen LogP contribution is 2.33. The Bertz CT molecular complexity index is 550. The van der Waals surface area contributed by atoms with Gasteiger partial charge in [0.25, 0.3) is 0 Å². The number of nitrogens with two attached hydrogens (primary N) is 1. The smallest absolute Gasteiger partial charge is 0.124 e. The molecule has 3 N–H and O–H groups in total. The van der Waals surface area contributed by atoms with Gasteiger partial charge < -0.3 is 10.8 Å². The molecule has 0 amide bonds. The Labute approximate surface area is 115 Å².